The number of nitrogens with one attached hydrogen (secondary N) is 2. The fourth-order valence-electron chi connectivity index (χ4n) is 0.642. The molecule has 0 aromatic rings. The van der Waals surface area contributed by atoms with Crippen LogP contribution in [0.5, 0.6) is 0 Å². The number of rotatable bonds is 4. The molecule has 2 N–H and O–H groups in total. The molecule has 0 bridgehead atoms. The Balaban J connectivity index is 3.63. The Morgan fingerprint density at radius 1 is 1.30 bits per heavy atom. The summed E-state index contributed by atoms with van der Waals surface area (Å²) in [7, 11) is 1.30. The summed E-state index contributed by atoms with van der Waals surface area (Å²) in [6.07, 6.45) is 0. The minimum absolute atomic E-state index is 1.14. The third-order valence-electron chi connectivity index (χ3n) is 1.06. The molecule has 1 atom stereocenters. The van der Waals surface area contributed by atoms with Gasteiger partial charge in [0.15, 0.2) is 0 Å². The van der Waals surface area contributed by atoms with E-state index in [9.17, 15) is 0 Å². The highest BCUT2D eigenvalue weighted by Gasteiger charge is 2.18. The van der Waals surface area contributed by atoms with Gasteiger partial charge in [-0.2, -0.15) is 0 Å². The molecule has 0 aliphatic rings. The molecule has 0 amide bonds. The molecule has 0 aromatic heterocycles. The highest BCUT2D eigenvalue weighted by molar-refractivity contribution is 6.81. The van der Waals surface area contributed by atoms with Crippen molar-refractivity contribution in [2.24, 2.45) is 0 Å². The summed E-state index contributed by atoms with van der Waals surface area (Å²) in [4.78, 5) is 3.15. The Bertz CT molecular complexity index is 90.1. The maximum Gasteiger partial charge on any atom is 0.327 e. The molecule has 0 aliphatic carbocycles. The van der Waals surface area contributed by atoms with E-state index in [1.54, 1.807) is 7.11 Å². The summed E-state index contributed by atoms with van der Waals surface area (Å²) in [5, 5.41) is 0. The van der Waals surface area contributed by atoms with Crippen LogP contribution in [0, 0.1) is 0 Å². The first-order chi connectivity index (χ1) is 4.49. The smallest absolute Gasteiger partial charge is 0.327 e. The molecule has 3 nitrogen and oxygen atoms in total. The summed E-state index contributed by atoms with van der Waals surface area (Å²) in [5.41, 5.74) is 0. The molecule has 0 aromatic carbocycles. The Labute approximate surface area is 66.1 Å². The summed E-state index contributed by atoms with van der Waals surface area (Å²) < 4.78 is 8.73. The summed E-state index contributed by atoms with van der Waals surface area (Å²) >= 11 is 0. The van der Waals surface area contributed by atoms with Crippen molar-refractivity contribution in [3.63, 3.8) is 0 Å². The molecule has 0 saturated heterocycles. The molecule has 0 rings (SSSR count). The lowest BCUT2D eigenvalue weighted by atomic mass is 11.6. The van der Waals surface area contributed by atoms with Gasteiger partial charge in [-0.1, -0.05) is 19.6 Å². The van der Waals surface area contributed by atoms with Crippen molar-refractivity contribution in [2.75, 3.05) is 14.2 Å². The van der Waals surface area contributed by atoms with Gasteiger partial charge in [0.25, 0.3) is 0 Å². The van der Waals surface area contributed by atoms with E-state index in [0.29, 0.717) is 0 Å². The van der Waals surface area contributed by atoms with Crippen LogP contribution < -0.4 is 9.63 Å². The Kier molecular flexibility index (Phi) is 4.38. The lowest BCUT2D eigenvalue weighted by Gasteiger charge is -2.23. The molecule has 1 unspecified atom stereocenters. The number of hydrogen-bond donors (Lipinski definition) is 2. The van der Waals surface area contributed by atoms with Gasteiger partial charge in [-0.05, 0) is 7.05 Å². The molecule has 0 aliphatic heterocycles. The zero-order valence-corrected chi connectivity index (χ0v) is 9.64. The Morgan fingerprint density at radius 3 is 1.90 bits per heavy atom. The maximum atomic E-state index is 5.23. The lowest BCUT2D eigenvalue weighted by Crippen LogP contribution is -2.58. The van der Waals surface area contributed by atoms with Gasteiger partial charge in [-0.15, -0.1) is 0 Å². The van der Waals surface area contributed by atoms with Crippen LogP contribution in [0.1, 0.15) is 0 Å². The fraction of sp³-hybridized carbons (Fsp3) is 1.00. The molecule has 5 heteroatoms. The van der Waals surface area contributed by atoms with Gasteiger partial charge < -0.3 is 14.1 Å². The molecule has 0 radical (unpaired) electrons. The van der Waals surface area contributed by atoms with Crippen molar-refractivity contribution in [2.45, 2.75) is 19.6 Å². The second-order valence-electron chi connectivity index (χ2n) is 3.30. The molecule has 10 heavy (non-hydrogen) atoms. The topological polar surface area (TPSA) is 33.3 Å². The van der Waals surface area contributed by atoms with Gasteiger partial charge in [0, 0.05) is 7.11 Å². The normalized spacial score (nSPS) is 15.3. The highest BCUT2D eigenvalue weighted by atomic mass is 28.4. The predicted octanol–water partition coefficient (Wildman–Crippen LogP) is -0.00610. The van der Waals surface area contributed by atoms with E-state index in [0.717, 1.165) is 0 Å². The van der Waals surface area contributed by atoms with Crippen molar-refractivity contribution in [3.8, 4) is 0 Å². The highest BCUT2D eigenvalue weighted by Crippen LogP contribution is 1.93. The molecule has 0 saturated carbocycles. The standard InChI is InChI=1S/C5H18N2OSi2/c1-6-9(8-2)7-10(3,4)5/h6-7,9H,1-5H3. The van der Waals surface area contributed by atoms with E-state index in [2.05, 4.69) is 29.3 Å². The molecular weight excluding hydrogens is 160 g/mol. The molecule has 0 fully saturated rings. The summed E-state index contributed by atoms with van der Waals surface area (Å²) in [6, 6.07) is 0. The second-order valence-corrected chi connectivity index (χ2v) is 10.8. The van der Waals surface area contributed by atoms with E-state index in [1.807, 2.05) is 7.05 Å². The zero-order chi connectivity index (χ0) is 8.20. The van der Waals surface area contributed by atoms with Crippen LogP contribution in [0.2, 0.25) is 19.6 Å². The molecule has 0 spiro atoms. The van der Waals surface area contributed by atoms with Gasteiger partial charge >= 0.3 is 9.36 Å². The van der Waals surface area contributed by atoms with Crippen LogP contribution in [0.4, 0.5) is 0 Å². The summed E-state index contributed by atoms with van der Waals surface area (Å²) in [5.74, 6) is 0. The molecule has 62 valence electrons. The number of hydrogen-bond acceptors (Lipinski definition) is 3. The van der Waals surface area contributed by atoms with Crippen molar-refractivity contribution in [3.05, 3.63) is 0 Å². The molecule has 0 heterocycles. The largest absolute Gasteiger partial charge is 0.398 e. The van der Waals surface area contributed by atoms with Crippen LogP contribution >= 0.6 is 0 Å². The van der Waals surface area contributed by atoms with Gasteiger partial charge in [0.1, 0.15) is 8.24 Å². The second kappa shape index (κ2) is 4.25. The Morgan fingerprint density at radius 2 is 1.80 bits per heavy atom. The maximum absolute atomic E-state index is 5.23. The zero-order valence-electron chi connectivity index (χ0n) is 7.49. The summed E-state index contributed by atoms with van der Waals surface area (Å²) in [6.45, 7) is 6.80. The lowest BCUT2D eigenvalue weighted by molar-refractivity contribution is 0.406. The molecular formula is C5H18N2OSi2. The van der Waals surface area contributed by atoms with Gasteiger partial charge in [0.2, 0.25) is 0 Å². The fourth-order valence-corrected chi connectivity index (χ4v) is 5.07. The van der Waals surface area contributed by atoms with Crippen molar-refractivity contribution >= 4 is 17.6 Å². The third-order valence-corrected chi connectivity index (χ3v) is 6.57. The SMILES string of the molecule is CN[SiH](N[Si](C)(C)C)OC. The van der Waals surface area contributed by atoms with Gasteiger partial charge in [-0.3, -0.25) is 0 Å². The quantitative estimate of drug-likeness (QED) is 0.594. The van der Waals surface area contributed by atoms with Gasteiger partial charge in [0.05, 0.1) is 0 Å². The van der Waals surface area contributed by atoms with Crippen molar-refractivity contribution < 1.29 is 4.43 Å². The van der Waals surface area contributed by atoms with Crippen molar-refractivity contribution in [1.29, 1.82) is 0 Å². The first-order valence-corrected chi connectivity index (χ1v) is 8.60. The average molecular weight is 178 g/mol. The first-order valence-electron chi connectivity index (χ1n) is 3.47. The van der Waals surface area contributed by atoms with E-state index in [-0.39, 0.29) is 0 Å². The van der Waals surface area contributed by atoms with Crippen LogP contribution in [0.25, 0.3) is 0 Å². The first kappa shape index (κ1) is 10.3. The van der Waals surface area contributed by atoms with Crippen LogP contribution in [-0.2, 0) is 4.43 Å². The monoisotopic (exact) mass is 178 g/mol. The third kappa shape index (κ3) is 5.13. The van der Waals surface area contributed by atoms with E-state index in [4.69, 9.17) is 4.43 Å². The van der Waals surface area contributed by atoms with E-state index in [1.165, 1.54) is 0 Å². The van der Waals surface area contributed by atoms with Crippen molar-refractivity contribution in [1.82, 2.24) is 9.63 Å². The van der Waals surface area contributed by atoms with Crippen LogP contribution in [0.3, 0.4) is 0 Å². The minimum atomic E-state index is -1.26. The minimum Gasteiger partial charge on any atom is -0.398 e. The van der Waals surface area contributed by atoms with Gasteiger partial charge in [-0.25, -0.2) is 0 Å². The Hall–Kier alpha value is 0.314. The van der Waals surface area contributed by atoms with E-state index >= 15 is 0 Å². The van der Waals surface area contributed by atoms with Crippen LogP contribution in [-0.4, -0.2) is 31.8 Å². The average Bonchev–Trinajstić information content (AvgIpc) is 1.81. The van der Waals surface area contributed by atoms with Crippen LogP contribution in [0.15, 0.2) is 0 Å². The predicted molar refractivity (Wildman–Crippen MR) is 49.7 cm³/mol. The van der Waals surface area contributed by atoms with E-state index < -0.39 is 17.6 Å².